The maximum absolute atomic E-state index is 11.3. The maximum Gasteiger partial charge on any atom is 0.307 e. The van der Waals surface area contributed by atoms with Crippen LogP contribution in [0.2, 0.25) is 0 Å². The van der Waals surface area contributed by atoms with Crippen LogP contribution in [0.3, 0.4) is 0 Å². The molecular formula is C14H21N3O2. The highest BCUT2D eigenvalue weighted by Gasteiger charge is 2.06. The molecule has 0 atom stereocenters. The van der Waals surface area contributed by atoms with Crippen LogP contribution in [0.25, 0.3) is 6.08 Å². The summed E-state index contributed by atoms with van der Waals surface area (Å²) < 4.78 is 6.67. The average molecular weight is 263 g/mol. The molecule has 19 heavy (non-hydrogen) atoms. The Morgan fingerprint density at radius 2 is 2.47 bits per heavy atom. The first-order valence-corrected chi connectivity index (χ1v) is 6.91. The van der Waals surface area contributed by atoms with Gasteiger partial charge in [-0.3, -0.25) is 9.48 Å². The number of hydrogen-bond donors (Lipinski definition) is 1. The van der Waals surface area contributed by atoms with E-state index in [2.05, 4.69) is 16.5 Å². The molecule has 1 aromatic rings. The molecule has 0 saturated carbocycles. The van der Waals surface area contributed by atoms with Crippen LogP contribution in [0, 0.1) is 0 Å². The van der Waals surface area contributed by atoms with Gasteiger partial charge in [0.2, 0.25) is 0 Å². The second kappa shape index (κ2) is 6.97. The smallest absolute Gasteiger partial charge is 0.307 e. The number of piperidine rings is 1. The number of allylic oxidation sites excluding steroid dienone is 1. The van der Waals surface area contributed by atoms with Crippen molar-refractivity contribution in [1.29, 1.82) is 0 Å². The molecule has 0 bridgehead atoms. The maximum atomic E-state index is 11.3. The summed E-state index contributed by atoms with van der Waals surface area (Å²) in [6, 6.07) is 1.97. The number of carbonyl (C=O) groups excluding carboxylic acids is 1. The zero-order valence-corrected chi connectivity index (χ0v) is 11.4. The first kappa shape index (κ1) is 13.6. The molecule has 1 N–H and O–H groups in total. The van der Waals surface area contributed by atoms with Gasteiger partial charge in [-0.15, -0.1) is 0 Å². The zero-order chi connectivity index (χ0) is 13.5. The van der Waals surface area contributed by atoms with Crippen LogP contribution in [-0.4, -0.2) is 28.9 Å². The molecule has 0 aliphatic carbocycles. The molecule has 0 amide bonds. The van der Waals surface area contributed by atoms with Crippen molar-refractivity contribution in [2.45, 2.75) is 39.2 Å². The van der Waals surface area contributed by atoms with Crippen LogP contribution in [0.4, 0.5) is 0 Å². The Hall–Kier alpha value is -1.78. The second-order valence-electron chi connectivity index (χ2n) is 4.61. The fourth-order valence-electron chi connectivity index (χ4n) is 2.10. The monoisotopic (exact) mass is 263 g/mol. The van der Waals surface area contributed by atoms with Gasteiger partial charge in [0.25, 0.3) is 0 Å². The quantitative estimate of drug-likeness (QED) is 0.825. The fraction of sp³-hybridized carbons (Fsp3) is 0.571. The van der Waals surface area contributed by atoms with Crippen molar-refractivity contribution in [2.75, 3.05) is 13.2 Å². The summed E-state index contributed by atoms with van der Waals surface area (Å²) in [5, 5.41) is 7.81. The number of rotatable bonds is 5. The molecule has 2 heterocycles. The van der Waals surface area contributed by atoms with E-state index >= 15 is 0 Å². The Kier molecular flexibility index (Phi) is 5.01. The van der Waals surface area contributed by atoms with Crippen molar-refractivity contribution < 1.29 is 9.53 Å². The van der Waals surface area contributed by atoms with E-state index in [0.29, 0.717) is 19.6 Å². The third kappa shape index (κ3) is 4.43. The van der Waals surface area contributed by atoms with Gasteiger partial charge in [0.05, 0.1) is 25.3 Å². The van der Waals surface area contributed by atoms with Gasteiger partial charge in [-0.25, -0.2) is 0 Å². The Balaban J connectivity index is 1.86. The average Bonchev–Trinajstić information content (AvgIpc) is 2.86. The van der Waals surface area contributed by atoms with Crippen LogP contribution in [0.15, 0.2) is 18.0 Å². The van der Waals surface area contributed by atoms with Crippen molar-refractivity contribution >= 4 is 12.0 Å². The lowest BCUT2D eigenvalue weighted by molar-refractivity contribution is -0.143. The lowest BCUT2D eigenvalue weighted by atomic mass is 10.1. The minimum atomic E-state index is -0.174. The van der Waals surface area contributed by atoms with Gasteiger partial charge in [-0.2, -0.15) is 5.10 Å². The highest BCUT2D eigenvalue weighted by Crippen LogP contribution is 2.13. The number of hydrogen-bond acceptors (Lipinski definition) is 4. The molecule has 5 nitrogen and oxygen atoms in total. The van der Waals surface area contributed by atoms with E-state index in [-0.39, 0.29) is 5.97 Å². The van der Waals surface area contributed by atoms with E-state index in [1.807, 2.05) is 19.2 Å². The number of aryl methyl sites for hydroxylation is 1. The van der Waals surface area contributed by atoms with Crippen molar-refractivity contribution in [2.24, 2.45) is 0 Å². The highest BCUT2D eigenvalue weighted by molar-refractivity contribution is 5.69. The van der Waals surface area contributed by atoms with Crippen LogP contribution in [-0.2, 0) is 16.1 Å². The van der Waals surface area contributed by atoms with Crippen molar-refractivity contribution in [3.63, 3.8) is 0 Å². The number of nitrogens with one attached hydrogen (secondary N) is 1. The highest BCUT2D eigenvalue weighted by atomic mass is 16.5. The van der Waals surface area contributed by atoms with Crippen molar-refractivity contribution in [1.82, 2.24) is 15.1 Å². The van der Waals surface area contributed by atoms with Crippen LogP contribution in [0.5, 0.6) is 0 Å². The first-order chi connectivity index (χ1) is 9.28. The second-order valence-corrected chi connectivity index (χ2v) is 4.61. The number of nitrogens with zero attached hydrogens (tertiary/aromatic N) is 2. The van der Waals surface area contributed by atoms with Crippen molar-refractivity contribution in [3.05, 3.63) is 23.7 Å². The molecule has 0 unspecified atom stereocenters. The molecule has 104 valence electrons. The molecule has 0 aromatic carbocycles. The molecular weight excluding hydrogens is 242 g/mol. The minimum absolute atomic E-state index is 0.174. The summed E-state index contributed by atoms with van der Waals surface area (Å²) in [7, 11) is 0. The van der Waals surface area contributed by atoms with Gasteiger partial charge in [-0.05, 0) is 38.3 Å². The summed E-state index contributed by atoms with van der Waals surface area (Å²) in [4.78, 5) is 11.3. The first-order valence-electron chi connectivity index (χ1n) is 6.91. The third-order valence-corrected chi connectivity index (χ3v) is 3.06. The Labute approximate surface area is 113 Å². The fourth-order valence-corrected chi connectivity index (χ4v) is 2.10. The molecule has 1 saturated heterocycles. The molecule has 1 aliphatic heterocycles. The largest absolute Gasteiger partial charge is 0.466 e. The molecule has 0 radical (unpaired) electrons. The van der Waals surface area contributed by atoms with E-state index in [0.717, 1.165) is 18.7 Å². The topological polar surface area (TPSA) is 56.1 Å². The lowest BCUT2D eigenvalue weighted by Crippen LogP contribution is -2.19. The van der Waals surface area contributed by atoms with Crippen LogP contribution >= 0.6 is 0 Å². The predicted molar refractivity (Wildman–Crippen MR) is 73.3 cm³/mol. The Morgan fingerprint density at radius 1 is 1.58 bits per heavy atom. The molecule has 1 aromatic heterocycles. The predicted octanol–water partition coefficient (Wildman–Crippen LogP) is 1.95. The standard InChI is InChI=1S/C14H21N3O2/c1-2-19-14(18)7-10-17-9-6-13(16-17)11-12-5-3-4-8-15-12/h6,9,11,15H,2-5,7-8,10H2,1H3. The summed E-state index contributed by atoms with van der Waals surface area (Å²) >= 11 is 0. The third-order valence-electron chi connectivity index (χ3n) is 3.06. The van der Waals surface area contributed by atoms with Crippen LogP contribution in [0.1, 0.15) is 38.3 Å². The molecule has 1 fully saturated rings. The Bertz CT molecular complexity index is 443. The Morgan fingerprint density at radius 3 is 3.21 bits per heavy atom. The van der Waals surface area contributed by atoms with Gasteiger partial charge in [0.15, 0.2) is 0 Å². The lowest BCUT2D eigenvalue weighted by Gasteiger charge is -2.15. The normalized spacial score (nSPS) is 17.2. The number of ether oxygens (including phenoxy) is 1. The van der Waals surface area contributed by atoms with E-state index in [4.69, 9.17) is 4.74 Å². The van der Waals surface area contributed by atoms with Crippen LogP contribution < -0.4 is 5.32 Å². The molecule has 2 rings (SSSR count). The molecule has 0 spiro atoms. The summed E-state index contributed by atoms with van der Waals surface area (Å²) in [6.45, 7) is 3.86. The minimum Gasteiger partial charge on any atom is -0.466 e. The summed E-state index contributed by atoms with van der Waals surface area (Å²) in [6.07, 6.45) is 7.92. The number of esters is 1. The van der Waals surface area contributed by atoms with Gasteiger partial charge in [0, 0.05) is 18.4 Å². The number of aromatic nitrogens is 2. The van der Waals surface area contributed by atoms with E-state index in [9.17, 15) is 4.79 Å². The summed E-state index contributed by atoms with van der Waals surface area (Å²) in [5.74, 6) is -0.174. The van der Waals surface area contributed by atoms with E-state index in [1.54, 1.807) is 4.68 Å². The van der Waals surface area contributed by atoms with Gasteiger partial charge in [-0.1, -0.05) is 0 Å². The van der Waals surface area contributed by atoms with E-state index < -0.39 is 0 Å². The number of carbonyl (C=O) groups is 1. The molecule has 5 heteroatoms. The van der Waals surface area contributed by atoms with Gasteiger partial charge < -0.3 is 10.1 Å². The van der Waals surface area contributed by atoms with Crippen molar-refractivity contribution in [3.8, 4) is 0 Å². The van der Waals surface area contributed by atoms with Gasteiger partial charge in [0.1, 0.15) is 0 Å². The summed E-state index contributed by atoms with van der Waals surface area (Å²) in [5.41, 5.74) is 2.19. The van der Waals surface area contributed by atoms with E-state index in [1.165, 1.54) is 18.5 Å². The molecule has 1 aliphatic rings. The van der Waals surface area contributed by atoms with Gasteiger partial charge >= 0.3 is 5.97 Å². The zero-order valence-electron chi connectivity index (χ0n) is 11.4. The SMILES string of the molecule is CCOC(=O)CCn1ccc(C=C2CCCCN2)n1.